The summed E-state index contributed by atoms with van der Waals surface area (Å²) < 4.78 is 12.0. The summed E-state index contributed by atoms with van der Waals surface area (Å²) in [6, 6.07) is 0. The van der Waals surface area contributed by atoms with Crippen LogP contribution in [0.5, 0.6) is 0 Å². The van der Waals surface area contributed by atoms with E-state index in [9.17, 15) is 4.79 Å². The number of rotatable bonds is 0. The van der Waals surface area contributed by atoms with Crippen molar-refractivity contribution in [1.29, 1.82) is 0 Å². The van der Waals surface area contributed by atoms with Gasteiger partial charge >= 0.3 is 0 Å². The molecule has 0 unspecified atom stereocenters. The highest BCUT2D eigenvalue weighted by Crippen LogP contribution is 2.65. The van der Waals surface area contributed by atoms with E-state index in [1.807, 2.05) is 0 Å². The Labute approximate surface area is 145 Å². The zero-order valence-electron chi connectivity index (χ0n) is 15.1. The Balaban J connectivity index is 1.47. The van der Waals surface area contributed by atoms with Gasteiger partial charge in [-0.15, -0.1) is 0 Å². The van der Waals surface area contributed by atoms with Gasteiger partial charge < -0.3 is 9.47 Å². The molecule has 4 fully saturated rings. The van der Waals surface area contributed by atoms with E-state index in [-0.39, 0.29) is 11.2 Å². The summed E-state index contributed by atoms with van der Waals surface area (Å²) in [6.45, 7) is 6.26. The molecule has 5 atom stereocenters. The van der Waals surface area contributed by atoms with Crippen LogP contribution in [0.4, 0.5) is 0 Å². The molecule has 1 heterocycles. The van der Waals surface area contributed by atoms with Gasteiger partial charge in [-0.05, 0) is 55.3 Å². The molecule has 0 radical (unpaired) electrons. The first-order chi connectivity index (χ1) is 11.5. The van der Waals surface area contributed by atoms with Crippen LogP contribution in [-0.4, -0.2) is 24.8 Å². The summed E-state index contributed by atoms with van der Waals surface area (Å²) in [5, 5.41) is 0. The van der Waals surface area contributed by atoms with Gasteiger partial charge in [-0.25, -0.2) is 0 Å². The number of ketones is 1. The Morgan fingerprint density at radius 2 is 1.75 bits per heavy atom. The highest BCUT2D eigenvalue weighted by molar-refractivity contribution is 5.87. The van der Waals surface area contributed by atoms with Gasteiger partial charge in [0, 0.05) is 24.7 Å². The van der Waals surface area contributed by atoms with Crippen molar-refractivity contribution in [2.45, 2.75) is 71.0 Å². The zero-order chi connectivity index (χ0) is 16.6. The number of ether oxygens (including phenoxy) is 2. The molecule has 0 amide bonds. The summed E-state index contributed by atoms with van der Waals surface area (Å²) in [5.74, 6) is 2.31. The van der Waals surface area contributed by atoms with Gasteiger partial charge in [-0.1, -0.05) is 25.5 Å². The largest absolute Gasteiger partial charge is 0.347 e. The molecule has 0 aromatic carbocycles. The quantitative estimate of drug-likeness (QED) is 0.623. The predicted octanol–water partition coefficient (Wildman–Crippen LogP) is 4.26. The number of carbonyl (C=O) groups excluding carboxylic acids is 1. The van der Waals surface area contributed by atoms with E-state index in [2.05, 4.69) is 19.9 Å². The summed E-state index contributed by atoms with van der Waals surface area (Å²) in [5.41, 5.74) is 1.87. The molecular weight excluding hydrogens is 300 g/mol. The second-order valence-electron chi connectivity index (χ2n) is 9.46. The molecule has 3 saturated carbocycles. The van der Waals surface area contributed by atoms with Gasteiger partial charge in [0.15, 0.2) is 5.79 Å². The summed E-state index contributed by atoms with van der Waals surface area (Å²) in [4.78, 5) is 12.5. The molecule has 1 saturated heterocycles. The number of allylic oxidation sites excluding steroid dienone is 1. The first-order valence-electron chi connectivity index (χ1n) is 9.98. The fourth-order valence-corrected chi connectivity index (χ4v) is 7.12. The van der Waals surface area contributed by atoms with Crippen molar-refractivity contribution in [3.8, 4) is 0 Å². The van der Waals surface area contributed by atoms with E-state index >= 15 is 0 Å². The fourth-order valence-electron chi connectivity index (χ4n) is 7.12. The first kappa shape index (κ1) is 15.6. The van der Waals surface area contributed by atoms with Crippen molar-refractivity contribution >= 4 is 5.78 Å². The molecule has 24 heavy (non-hydrogen) atoms. The molecule has 4 aliphatic carbocycles. The van der Waals surface area contributed by atoms with Crippen LogP contribution in [0.15, 0.2) is 11.6 Å². The lowest BCUT2D eigenvalue weighted by atomic mass is 9.48. The SMILES string of the molecule is C[C@@]12CC[C@@H]3[C@H](CC=C4CC5(CC[C@]43C)OCCO5)[C@H]1CCC2=O. The lowest BCUT2D eigenvalue weighted by Crippen LogP contribution is -2.52. The van der Waals surface area contributed by atoms with E-state index in [4.69, 9.17) is 9.47 Å². The minimum absolute atomic E-state index is 0.0174. The van der Waals surface area contributed by atoms with E-state index < -0.39 is 0 Å². The van der Waals surface area contributed by atoms with Crippen LogP contribution in [-0.2, 0) is 14.3 Å². The van der Waals surface area contributed by atoms with Gasteiger partial charge in [0.05, 0.1) is 13.2 Å². The Bertz CT molecular complexity index is 602. The zero-order valence-corrected chi connectivity index (χ0v) is 15.1. The van der Waals surface area contributed by atoms with Crippen molar-refractivity contribution in [3.63, 3.8) is 0 Å². The molecular formula is C21H30O3. The van der Waals surface area contributed by atoms with Gasteiger partial charge in [0.1, 0.15) is 5.78 Å². The summed E-state index contributed by atoms with van der Waals surface area (Å²) in [7, 11) is 0. The molecule has 1 spiro atoms. The van der Waals surface area contributed by atoms with Crippen LogP contribution < -0.4 is 0 Å². The maximum atomic E-state index is 12.5. The van der Waals surface area contributed by atoms with Crippen LogP contribution in [0, 0.1) is 28.6 Å². The normalized spacial score (nSPS) is 49.5. The second-order valence-corrected chi connectivity index (χ2v) is 9.46. The molecule has 3 nitrogen and oxygen atoms in total. The molecule has 132 valence electrons. The second kappa shape index (κ2) is 4.94. The number of hydrogen-bond acceptors (Lipinski definition) is 3. The van der Waals surface area contributed by atoms with Crippen LogP contribution in [0.1, 0.15) is 65.2 Å². The lowest BCUT2D eigenvalue weighted by molar-refractivity contribution is -0.185. The summed E-state index contributed by atoms with van der Waals surface area (Å²) >= 11 is 0. The minimum Gasteiger partial charge on any atom is -0.347 e. The third kappa shape index (κ3) is 1.89. The Hall–Kier alpha value is -0.670. The van der Waals surface area contributed by atoms with Crippen molar-refractivity contribution in [2.75, 3.05) is 13.2 Å². The fraction of sp³-hybridized carbons (Fsp3) is 0.857. The average Bonchev–Trinajstić information content (AvgIpc) is 3.14. The smallest absolute Gasteiger partial charge is 0.172 e. The highest BCUT2D eigenvalue weighted by Gasteiger charge is 2.60. The molecule has 0 bridgehead atoms. The molecule has 0 N–H and O–H groups in total. The summed E-state index contributed by atoms with van der Waals surface area (Å²) in [6.07, 6.45) is 11.1. The van der Waals surface area contributed by atoms with Crippen LogP contribution in [0.3, 0.4) is 0 Å². The van der Waals surface area contributed by atoms with E-state index in [1.165, 1.54) is 19.3 Å². The third-order valence-electron chi connectivity index (χ3n) is 8.63. The molecule has 3 heteroatoms. The number of fused-ring (bicyclic) bond motifs is 5. The topological polar surface area (TPSA) is 35.5 Å². The van der Waals surface area contributed by atoms with Gasteiger partial charge in [-0.2, -0.15) is 0 Å². The first-order valence-corrected chi connectivity index (χ1v) is 9.98. The standard InChI is InChI=1S/C21H30O3/c1-19-9-10-21(23-11-12-24-21)13-14(19)3-4-15-16-5-6-18(22)20(16,2)8-7-17(15)19/h3,15-17H,4-13H2,1-2H3/t15-,16-,17-,19-,20-/m1/s1. The van der Waals surface area contributed by atoms with Crippen LogP contribution in [0.25, 0.3) is 0 Å². The maximum absolute atomic E-state index is 12.5. The van der Waals surface area contributed by atoms with Crippen molar-refractivity contribution < 1.29 is 14.3 Å². The molecule has 0 aromatic heterocycles. The Kier molecular flexibility index (Phi) is 3.21. The van der Waals surface area contributed by atoms with E-state index in [1.54, 1.807) is 5.57 Å². The monoisotopic (exact) mass is 330 g/mol. The van der Waals surface area contributed by atoms with E-state index in [0.717, 1.165) is 51.2 Å². The van der Waals surface area contributed by atoms with E-state index in [0.29, 0.717) is 23.0 Å². The van der Waals surface area contributed by atoms with Crippen LogP contribution in [0.2, 0.25) is 0 Å². The van der Waals surface area contributed by atoms with Gasteiger partial charge in [0.25, 0.3) is 0 Å². The number of Topliss-reactive ketones (excluding diaryl/α,β-unsaturated/α-hetero) is 1. The predicted molar refractivity (Wildman–Crippen MR) is 91.3 cm³/mol. The highest BCUT2D eigenvalue weighted by atomic mass is 16.7. The van der Waals surface area contributed by atoms with Crippen molar-refractivity contribution in [3.05, 3.63) is 11.6 Å². The van der Waals surface area contributed by atoms with Gasteiger partial charge in [-0.3, -0.25) is 4.79 Å². The van der Waals surface area contributed by atoms with Gasteiger partial charge in [0.2, 0.25) is 0 Å². The maximum Gasteiger partial charge on any atom is 0.172 e. The Morgan fingerprint density at radius 1 is 1.00 bits per heavy atom. The molecule has 5 aliphatic rings. The third-order valence-corrected chi connectivity index (χ3v) is 8.63. The minimum atomic E-state index is -0.315. The number of hydrogen-bond donors (Lipinski definition) is 0. The molecule has 1 aliphatic heterocycles. The average molecular weight is 330 g/mol. The molecule has 0 aromatic rings. The number of carbonyl (C=O) groups is 1. The lowest BCUT2D eigenvalue weighted by Gasteiger charge is -2.57. The molecule has 5 rings (SSSR count). The van der Waals surface area contributed by atoms with Crippen LogP contribution >= 0.6 is 0 Å². The van der Waals surface area contributed by atoms with Crippen molar-refractivity contribution in [2.24, 2.45) is 28.6 Å². The Morgan fingerprint density at radius 3 is 2.54 bits per heavy atom. The van der Waals surface area contributed by atoms with Crippen molar-refractivity contribution in [1.82, 2.24) is 0 Å².